The van der Waals surface area contributed by atoms with E-state index in [-0.39, 0.29) is 17.5 Å². The number of alkyl halides is 3. The van der Waals surface area contributed by atoms with Crippen molar-refractivity contribution in [2.45, 2.75) is 26.1 Å². The number of halogens is 4. The highest BCUT2D eigenvalue weighted by Crippen LogP contribution is 2.35. The Balaban J connectivity index is 2.40. The van der Waals surface area contributed by atoms with Gasteiger partial charge in [0.25, 0.3) is 0 Å². The quantitative estimate of drug-likeness (QED) is 0.713. The van der Waals surface area contributed by atoms with E-state index < -0.39 is 11.7 Å². The summed E-state index contributed by atoms with van der Waals surface area (Å²) in [6.07, 6.45) is -3.99. The van der Waals surface area contributed by atoms with E-state index in [0.29, 0.717) is 24.1 Å². The van der Waals surface area contributed by atoms with Crippen molar-refractivity contribution in [3.8, 4) is 0 Å². The largest absolute Gasteiger partial charge is 0.416 e. The van der Waals surface area contributed by atoms with E-state index in [2.05, 4.69) is 0 Å². The minimum absolute atomic E-state index is 0.0748. The van der Waals surface area contributed by atoms with Gasteiger partial charge in [-0.05, 0) is 29.7 Å². The second kappa shape index (κ2) is 4.46. The Morgan fingerprint density at radius 2 is 2.06 bits per heavy atom. The van der Waals surface area contributed by atoms with E-state index >= 15 is 0 Å². The van der Waals surface area contributed by atoms with Crippen LogP contribution in [0.25, 0.3) is 0 Å². The summed E-state index contributed by atoms with van der Waals surface area (Å²) in [7, 11) is 0. The number of hydrogen-bond acceptors (Lipinski definition) is 1. The number of nitrogens with zero attached hydrogens (tertiary/aromatic N) is 1. The van der Waals surface area contributed by atoms with Crippen LogP contribution in [-0.2, 0) is 23.9 Å². The van der Waals surface area contributed by atoms with Gasteiger partial charge in [-0.2, -0.15) is 13.2 Å². The molecule has 0 aliphatic carbocycles. The van der Waals surface area contributed by atoms with Gasteiger partial charge >= 0.3 is 6.18 Å². The second-order valence-corrected chi connectivity index (χ2v) is 4.69. The van der Waals surface area contributed by atoms with Gasteiger partial charge in [-0.25, -0.2) is 0 Å². The van der Waals surface area contributed by atoms with Gasteiger partial charge in [0.05, 0.1) is 5.56 Å². The lowest BCUT2D eigenvalue weighted by molar-refractivity contribution is -0.137. The lowest BCUT2D eigenvalue weighted by Crippen LogP contribution is -2.34. The fourth-order valence-corrected chi connectivity index (χ4v) is 2.35. The first-order chi connectivity index (χ1) is 8.29. The summed E-state index contributed by atoms with van der Waals surface area (Å²) in [5, 5.41) is 0.0748. The van der Waals surface area contributed by atoms with Crippen LogP contribution in [0.15, 0.2) is 12.1 Å². The molecule has 0 aromatic heterocycles. The molecule has 1 aliphatic rings. The van der Waals surface area contributed by atoms with Gasteiger partial charge in [0.1, 0.15) is 0 Å². The molecule has 98 valence electrons. The predicted octanol–water partition coefficient (Wildman–Crippen LogP) is 3.26. The van der Waals surface area contributed by atoms with Crippen molar-refractivity contribution in [1.29, 1.82) is 0 Å². The highest BCUT2D eigenvalue weighted by molar-refractivity contribution is 6.31. The minimum Gasteiger partial charge on any atom is -0.338 e. The highest BCUT2D eigenvalue weighted by Gasteiger charge is 2.33. The van der Waals surface area contributed by atoms with Gasteiger partial charge in [-0.15, -0.1) is 0 Å². The number of carbonyl (C=O) groups excluding carboxylic acids is 1. The number of rotatable bonds is 0. The molecule has 1 heterocycles. The molecule has 2 rings (SSSR count). The number of benzene rings is 1. The summed E-state index contributed by atoms with van der Waals surface area (Å²) in [5.41, 5.74) is 0.459. The lowest BCUT2D eigenvalue weighted by Gasteiger charge is -2.29. The molecular formula is C12H11ClF3NO. The zero-order valence-electron chi connectivity index (χ0n) is 9.64. The molecule has 2 nitrogen and oxygen atoms in total. The summed E-state index contributed by atoms with van der Waals surface area (Å²) in [5.74, 6) is -0.100. The van der Waals surface area contributed by atoms with E-state index in [9.17, 15) is 18.0 Å². The van der Waals surface area contributed by atoms with Crippen LogP contribution < -0.4 is 0 Å². The zero-order chi connectivity index (χ0) is 13.5. The molecule has 1 amide bonds. The first-order valence-corrected chi connectivity index (χ1v) is 5.81. The fraction of sp³-hybridized carbons (Fsp3) is 0.417. The molecule has 0 fully saturated rings. The Kier molecular flexibility index (Phi) is 3.27. The molecule has 6 heteroatoms. The van der Waals surface area contributed by atoms with E-state index in [1.807, 2.05) is 0 Å². The van der Waals surface area contributed by atoms with Gasteiger partial charge in [-0.3, -0.25) is 4.79 Å². The summed E-state index contributed by atoms with van der Waals surface area (Å²) < 4.78 is 37.9. The van der Waals surface area contributed by atoms with Crippen molar-refractivity contribution in [3.63, 3.8) is 0 Å². The Morgan fingerprint density at radius 1 is 1.39 bits per heavy atom. The van der Waals surface area contributed by atoms with E-state index in [0.717, 1.165) is 12.1 Å². The zero-order valence-corrected chi connectivity index (χ0v) is 10.4. The molecule has 1 aromatic rings. The van der Waals surface area contributed by atoms with E-state index in [1.54, 1.807) is 4.90 Å². The summed E-state index contributed by atoms with van der Waals surface area (Å²) >= 11 is 5.89. The third kappa shape index (κ3) is 2.46. The molecule has 0 N–H and O–H groups in total. The molecule has 18 heavy (non-hydrogen) atoms. The minimum atomic E-state index is -4.39. The number of carbonyl (C=O) groups is 1. The smallest absolute Gasteiger partial charge is 0.338 e. The molecule has 1 aromatic carbocycles. The molecule has 0 spiro atoms. The first-order valence-electron chi connectivity index (χ1n) is 5.43. The van der Waals surface area contributed by atoms with Gasteiger partial charge in [-0.1, -0.05) is 11.6 Å². The predicted molar refractivity (Wildman–Crippen MR) is 61.2 cm³/mol. The molecule has 0 atom stereocenters. The van der Waals surface area contributed by atoms with Gasteiger partial charge < -0.3 is 4.90 Å². The molecular weight excluding hydrogens is 267 g/mol. The van der Waals surface area contributed by atoms with E-state index in [4.69, 9.17) is 11.6 Å². The van der Waals surface area contributed by atoms with Crippen molar-refractivity contribution in [2.24, 2.45) is 0 Å². The third-order valence-electron chi connectivity index (χ3n) is 3.06. The van der Waals surface area contributed by atoms with Crippen LogP contribution in [0.1, 0.15) is 23.6 Å². The second-order valence-electron chi connectivity index (χ2n) is 4.28. The Hall–Kier alpha value is -1.23. The molecule has 0 saturated heterocycles. The van der Waals surface area contributed by atoms with Crippen LogP contribution in [0.3, 0.4) is 0 Å². The van der Waals surface area contributed by atoms with Crippen LogP contribution in [0.5, 0.6) is 0 Å². The number of amides is 1. The van der Waals surface area contributed by atoms with Gasteiger partial charge in [0.15, 0.2) is 0 Å². The normalized spacial score (nSPS) is 15.5. The molecule has 0 radical (unpaired) electrons. The maximum Gasteiger partial charge on any atom is 0.416 e. The van der Waals surface area contributed by atoms with Gasteiger partial charge in [0, 0.05) is 25.0 Å². The van der Waals surface area contributed by atoms with Crippen molar-refractivity contribution in [1.82, 2.24) is 4.90 Å². The van der Waals surface area contributed by atoms with Crippen LogP contribution in [0.4, 0.5) is 13.2 Å². The Labute approximate surface area is 107 Å². The lowest BCUT2D eigenvalue weighted by atomic mass is 9.97. The van der Waals surface area contributed by atoms with Crippen LogP contribution in [-0.4, -0.2) is 17.4 Å². The standard InChI is InChI=1S/C12H11ClF3NO/c1-7(18)17-3-2-8-4-9(12(14,15)16)5-11(13)10(8)6-17/h4-5H,2-3,6H2,1H3. The SMILES string of the molecule is CC(=O)N1CCc2cc(C(F)(F)F)cc(Cl)c2C1. The Morgan fingerprint density at radius 3 is 2.61 bits per heavy atom. The summed E-state index contributed by atoms with van der Waals surface area (Å²) in [6.45, 7) is 2.14. The van der Waals surface area contributed by atoms with Crippen LogP contribution in [0.2, 0.25) is 5.02 Å². The van der Waals surface area contributed by atoms with E-state index in [1.165, 1.54) is 6.92 Å². The van der Waals surface area contributed by atoms with Crippen molar-refractivity contribution < 1.29 is 18.0 Å². The fourth-order valence-electron chi connectivity index (χ4n) is 2.05. The molecule has 0 bridgehead atoms. The number of hydrogen-bond donors (Lipinski definition) is 0. The number of fused-ring (bicyclic) bond motifs is 1. The summed E-state index contributed by atoms with van der Waals surface area (Å²) in [6, 6.07) is 2.04. The average molecular weight is 278 g/mol. The van der Waals surface area contributed by atoms with Gasteiger partial charge in [0.2, 0.25) is 5.91 Å². The maximum absolute atomic E-state index is 12.6. The Bertz CT molecular complexity index is 499. The first kappa shape index (κ1) is 13.2. The van der Waals surface area contributed by atoms with Crippen molar-refractivity contribution >= 4 is 17.5 Å². The summed E-state index contributed by atoms with van der Waals surface area (Å²) in [4.78, 5) is 12.8. The molecule has 1 aliphatic heterocycles. The van der Waals surface area contributed by atoms with Crippen LogP contribution >= 0.6 is 11.6 Å². The third-order valence-corrected chi connectivity index (χ3v) is 3.40. The van der Waals surface area contributed by atoms with Crippen molar-refractivity contribution in [2.75, 3.05) is 6.54 Å². The average Bonchev–Trinajstić information content (AvgIpc) is 2.27. The monoisotopic (exact) mass is 277 g/mol. The maximum atomic E-state index is 12.6. The molecule has 0 saturated carbocycles. The van der Waals surface area contributed by atoms with Crippen molar-refractivity contribution in [3.05, 3.63) is 33.8 Å². The highest BCUT2D eigenvalue weighted by atomic mass is 35.5. The molecule has 0 unspecified atom stereocenters. The van der Waals surface area contributed by atoms with Crippen LogP contribution in [0, 0.1) is 0 Å². The topological polar surface area (TPSA) is 20.3 Å².